The molecule has 1 heterocycles. The third-order valence-electron chi connectivity index (χ3n) is 4.89. The van der Waals surface area contributed by atoms with Gasteiger partial charge in [0.25, 0.3) is 11.8 Å². The Kier molecular flexibility index (Phi) is 7.59. The molecule has 7 nitrogen and oxygen atoms in total. The van der Waals surface area contributed by atoms with Crippen molar-refractivity contribution in [2.24, 2.45) is 4.99 Å². The van der Waals surface area contributed by atoms with Crippen molar-refractivity contribution in [2.75, 3.05) is 26.7 Å². The summed E-state index contributed by atoms with van der Waals surface area (Å²) in [6.45, 7) is 3.40. The summed E-state index contributed by atoms with van der Waals surface area (Å²) >= 11 is 0. The number of hydrogen-bond acceptors (Lipinski definition) is 4. The van der Waals surface area contributed by atoms with E-state index < -0.39 is 0 Å². The van der Waals surface area contributed by atoms with E-state index in [2.05, 4.69) is 15.6 Å². The molecule has 31 heavy (non-hydrogen) atoms. The molecule has 3 rings (SSSR count). The third kappa shape index (κ3) is 5.81. The number of imide groups is 1. The molecule has 1 atom stereocenters. The maximum Gasteiger partial charge on any atom is 0.261 e. The Hall–Kier alpha value is -3.42. The predicted octanol–water partition coefficient (Wildman–Crippen LogP) is 2.83. The standard InChI is InChI=1S/C23H27FN4O3/c1-16(31-18-9-7-8-17(24)14-18)15-27-23(25-2)26-12-5-6-13-28-21(29)19-10-3-4-11-20(19)22(28)30/h3-4,7-11,14,16H,5-6,12-13,15H2,1-2H3,(H2,25,26,27). The number of amides is 2. The molecule has 2 aromatic rings. The lowest BCUT2D eigenvalue weighted by Gasteiger charge is -2.18. The van der Waals surface area contributed by atoms with Crippen LogP contribution >= 0.6 is 0 Å². The highest BCUT2D eigenvalue weighted by molar-refractivity contribution is 6.21. The minimum absolute atomic E-state index is 0.186. The van der Waals surface area contributed by atoms with E-state index >= 15 is 0 Å². The van der Waals surface area contributed by atoms with E-state index in [4.69, 9.17) is 4.74 Å². The van der Waals surface area contributed by atoms with Crippen LogP contribution in [0.5, 0.6) is 5.75 Å². The first kappa shape index (κ1) is 22.3. The van der Waals surface area contributed by atoms with Crippen molar-refractivity contribution >= 4 is 17.8 Å². The van der Waals surface area contributed by atoms with Crippen LogP contribution in [0.4, 0.5) is 4.39 Å². The Labute approximate surface area is 181 Å². The van der Waals surface area contributed by atoms with E-state index in [1.807, 2.05) is 6.92 Å². The molecule has 0 aromatic heterocycles. The van der Waals surface area contributed by atoms with E-state index in [9.17, 15) is 14.0 Å². The van der Waals surface area contributed by atoms with Gasteiger partial charge in [0.05, 0.1) is 17.7 Å². The summed E-state index contributed by atoms with van der Waals surface area (Å²) in [5.41, 5.74) is 0.953. The van der Waals surface area contributed by atoms with Gasteiger partial charge in [-0.3, -0.25) is 19.5 Å². The highest BCUT2D eigenvalue weighted by Crippen LogP contribution is 2.22. The largest absolute Gasteiger partial charge is 0.489 e. The first-order chi connectivity index (χ1) is 15.0. The number of unbranched alkanes of at least 4 members (excludes halogenated alkanes) is 1. The highest BCUT2D eigenvalue weighted by atomic mass is 19.1. The molecule has 0 spiro atoms. The Morgan fingerprint density at radius 2 is 1.77 bits per heavy atom. The molecule has 0 aliphatic carbocycles. The topological polar surface area (TPSA) is 83.0 Å². The second-order valence-corrected chi connectivity index (χ2v) is 7.28. The zero-order valence-corrected chi connectivity index (χ0v) is 17.7. The third-order valence-corrected chi connectivity index (χ3v) is 4.89. The molecule has 0 fully saturated rings. The molecule has 0 saturated heterocycles. The Morgan fingerprint density at radius 3 is 2.42 bits per heavy atom. The normalized spacial score (nSPS) is 14.4. The number of nitrogens with one attached hydrogen (secondary N) is 2. The van der Waals surface area contributed by atoms with Crippen LogP contribution in [-0.4, -0.2) is 55.5 Å². The average Bonchev–Trinajstić information content (AvgIpc) is 3.00. The maximum atomic E-state index is 13.2. The molecule has 8 heteroatoms. The Bertz CT molecular complexity index is 928. The van der Waals surface area contributed by atoms with Crippen LogP contribution < -0.4 is 15.4 Å². The van der Waals surface area contributed by atoms with Gasteiger partial charge >= 0.3 is 0 Å². The van der Waals surface area contributed by atoms with Gasteiger partial charge < -0.3 is 15.4 Å². The Balaban J connectivity index is 1.34. The molecule has 0 radical (unpaired) electrons. The van der Waals surface area contributed by atoms with Crippen molar-refractivity contribution < 1.29 is 18.7 Å². The maximum absolute atomic E-state index is 13.2. The van der Waals surface area contributed by atoms with Gasteiger partial charge in [-0.2, -0.15) is 0 Å². The summed E-state index contributed by atoms with van der Waals surface area (Å²) in [5, 5.41) is 6.36. The number of hydrogen-bond donors (Lipinski definition) is 2. The van der Waals surface area contributed by atoms with Gasteiger partial charge in [-0.05, 0) is 44.0 Å². The van der Waals surface area contributed by atoms with Crippen molar-refractivity contribution in [3.63, 3.8) is 0 Å². The van der Waals surface area contributed by atoms with Gasteiger partial charge in [0.1, 0.15) is 17.7 Å². The van der Waals surface area contributed by atoms with Gasteiger partial charge in [0.2, 0.25) is 0 Å². The number of rotatable bonds is 9. The molecular formula is C23H27FN4O3. The number of nitrogens with zero attached hydrogens (tertiary/aromatic N) is 2. The summed E-state index contributed by atoms with van der Waals surface area (Å²) < 4.78 is 18.9. The summed E-state index contributed by atoms with van der Waals surface area (Å²) in [6, 6.07) is 12.9. The zero-order valence-electron chi connectivity index (χ0n) is 17.7. The lowest BCUT2D eigenvalue weighted by molar-refractivity contribution is 0.0652. The van der Waals surface area contributed by atoms with Crippen LogP contribution in [0.15, 0.2) is 53.5 Å². The van der Waals surface area contributed by atoms with Crippen LogP contribution in [0.1, 0.15) is 40.5 Å². The predicted molar refractivity (Wildman–Crippen MR) is 117 cm³/mol. The summed E-state index contributed by atoms with van der Waals surface area (Å²) in [5.74, 6) is 0.314. The van der Waals surface area contributed by atoms with Crippen LogP contribution in [0.25, 0.3) is 0 Å². The number of carbonyl (C=O) groups excluding carboxylic acids is 2. The molecule has 2 aromatic carbocycles. The van der Waals surface area contributed by atoms with E-state index in [1.54, 1.807) is 43.4 Å². The molecule has 0 bridgehead atoms. The van der Waals surface area contributed by atoms with E-state index in [0.29, 0.717) is 48.9 Å². The fourth-order valence-corrected chi connectivity index (χ4v) is 3.32. The monoisotopic (exact) mass is 426 g/mol. The van der Waals surface area contributed by atoms with Crippen molar-refractivity contribution in [1.82, 2.24) is 15.5 Å². The second kappa shape index (κ2) is 10.6. The molecule has 1 aliphatic rings. The van der Waals surface area contributed by atoms with E-state index in [0.717, 1.165) is 6.42 Å². The number of guanidine groups is 1. The fourth-order valence-electron chi connectivity index (χ4n) is 3.32. The number of benzene rings is 2. The summed E-state index contributed by atoms with van der Waals surface area (Å²) in [4.78, 5) is 30.2. The summed E-state index contributed by atoms with van der Waals surface area (Å²) in [7, 11) is 1.67. The molecule has 1 aliphatic heterocycles. The zero-order chi connectivity index (χ0) is 22.2. The van der Waals surface area contributed by atoms with Gasteiger partial charge in [0, 0.05) is 26.2 Å². The van der Waals surface area contributed by atoms with Crippen molar-refractivity contribution in [2.45, 2.75) is 25.9 Å². The first-order valence-corrected chi connectivity index (χ1v) is 10.3. The number of halogens is 1. The number of fused-ring (bicyclic) bond motifs is 1. The van der Waals surface area contributed by atoms with Crippen LogP contribution in [-0.2, 0) is 0 Å². The number of ether oxygens (including phenoxy) is 1. The van der Waals surface area contributed by atoms with Crippen LogP contribution in [0, 0.1) is 5.82 Å². The quantitative estimate of drug-likeness (QED) is 0.279. The van der Waals surface area contributed by atoms with Crippen molar-refractivity contribution in [3.8, 4) is 5.75 Å². The smallest absolute Gasteiger partial charge is 0.261 e. The van der Waals surface area contributed by atoms with Gasteiger partial charge in [-0.1, -0.05) is 18.2 Å². The number of carbonyl (C=O) groups is 2. The van der Waals surface area contributed by atoms with Gasteiger partial charge in [-0.15, -0.1) is 0 Å². The molecule has 0 saturated carbocycles. The van der Waals surface area contributed by atoms with E-state index in [-0.39, 0.29) is 23.7 Å². The molecule has 164 valence electrons. The SMILES string of the molecule is CN=C(NCCCCN1C(=O)c2ccccc2C1=O)NCC(C)Oc1cccc(F)c1. The average molecular weight is 426 g/mol. The minimum atomic E-state index is -0.337. The Morgan fingerprint density at radius 1 is 1.06 bits per heavy atom. The van der Waals surface area contributed by atoms with Crippen molar-refractivity contribution in [3.05, 3.63) is 65.5 Å². The number of aliphatic imine (C=N–C) groups is 1. The summed E-state index contributed by atoms with van der Waals surface area (Å²) in [6.07, 6.45) is 1.27. The lowest BCUT2D eigenvalue weighted by Crippen LogP contribution is -2.42. The van der Waals surface area contributed by atoms with Gasteiger partial charge in [-0.25, -0.2) is 4.39 Å². The van der Waals surface area contributed by atoms with E-state index in [1.165, 1.54) is 17.0 Å². The molecular weight excluding hydrogens is 399 g/mol. The fraction of sp³-hybridized carbons (Fsp3) is 0.348. The molecule has 2 N–H and O–H groups in total. The first-order valence-electron chi connectivity index (χ1n) is 10.3. The lowest BCUT2D eigenvalue weighted by atomic mass is 10.1. The second-order valence-electron chi connectivity index (χ2n) is 7.28. The van der Waals surface area contributed by atoms with Crippen molar-refractivity contribution in [1.29, 1.82) is 0 Å². The molecule has 1 unspecified atom stereocenters. The highest BCUT2D eigenvalue weighted by Gasteiger charge is 2.34. The van der Waals surface area contributed by atoms with Crippen LogP contribution in [0.3, 0.4) is 0 Å². The van der Waals surface area contributed by atoms with Gasteiger partial charge in [0.15, 0.2) is 5.96 Å². The van der Waals surface area contributed by atoms with Crippen LogP contribution in [0.2, 0.25) is 0 Å². The minimum Gasteiger partial charge on any atom is -0.489 e. The molecule has 2 amide bonds.